The number of amides is 1. The Morgan fingerprint density at radius 1 is 1.10 bits per heavy atom. The van der Waals surface area contributed by atoms with Crippen LogP contribution in [0.4, 0.5) is 10.1 Å². The molecule has 0 spiro atoms. The Hall–Kier alpha value is -3.74. The van der Waals surface area contributed by atoms with E-state index in [-0.39, 0.29) is 5.69 Å². The molecule has 30 heavy (non-hydrogen) atoms. The zero-order valence-corrected chi connectivity index (χ0v) is 16.9. The lowest BCUT2D eigenvalue weighted by molar-refractivity contribution is -0.148. The molecule has 1 aromatic heterocycles. The highest BCUT2D eigenvalue weighted by atomic mass is 19.1. The van der Waals surface area contributed by atoms with E-state index in [0.717, 1.165) is 22.6 Å². The van der Waals surface area contributed by atoms with E-state index in [4.69, 9.17) is 4.74 Å². The van der Waals surface area contributed by atoms with Crippen LogP contribution in [0.3, 0.4) is 0 Å². The molecular formula is C23H22FN3O3. The highest BCUT2D eigenvalue weighted by Crippen LogP contribution is 2.19. The van der Waals surface area contributed by atoms with Gasteiger partial charge in [0.15, 0.2) is 6.10 Å². The Labute approximate surface area is 174 Å². The number of aryl methyl sites for hydroxylation is 1. The van der Waals surface area contributed by atoms with Gasteiger partial charge in [-0.25, -0.2) is 13.9 Å². The van der Waals surface area contributed by atoms with Crippen LogP contribution in [0.5, 0.6) is 0 Å². The van der Waals surface area contributed by atoms with E-state index in [0.29, 0.717) is 0 Å². The number of para-hydroxylation sites is 2. The number of rotatable bonds is 6. The molecule has 6 nitrogen and oxygen atoms in total. The Bertz CT molecular complexity index is 1090. The van der Waals surface area contributed by atoms with E-state index < -0.39 is 23.8 Å². The van der Waals surface area contributed by atoms with Gasteiger partial charge in [-0.05, 0) is 51.1 Å². The van der Waals surface area contributed by atoms with E-state index >= 15 is 0 Å². The highest BCUT2D eigenvalue weighted by molar-refractivity contribution is 5.96. The van der Waals surface area contributed by atoms with Gasteiger partial charge in [0, 0.05) is 17.3 Å². The predicted octanol–water partition coefficient (Wildman–Crippen LogP) is 4.21. The summed E-state index contributed by atoms with van der Waals surface area (Å²) in [6.07, 6.45) is 1.77. The van der Waals surface area contributed by atoms with Crippen LogP contribution in [0, 0.1) is 19.7 Å². The smallest absolute Gasteiger partial charge is 0.331 e. The average molecular weight is 407 g/mol. The van der Waals surface area contributed by atoms with E-state index in [1.165, 1.54) is 31.2 Å². The molecule has 0 aliphatic rings. The van der Waals surface area contributed by atoms with Gasteiger partial charge in [-0.2, -0.15) is 5.10 Å². The van der Waals surface area contributed by atoms with E-state index in [1.807, 2.05) is 44.2 Å². The third-order valence-corrected chi connectivity index (χ3v) is 4.53. The fraction of sp³-hybridized carbons (Fsp3) is 0.174. The van der Waals surface area contributed by atoms with Crippen molar-refractivity contribution in [2.24, 2.45) is 0 Å². The molecule has 1 N–H and O–H groups in total. The summed E-state index contributed by atoms with van der Waals surface area (Å²) in [6, 6.07) is 15.4. The second-order valence-electron chi connectivity index (χ2n) is 6.71. The van der Waals surface area contributed by atoms with Crippen molar-refractivity contribution in [3.8, 4) is 5.69 Å². The topological polar surface area (TPSA) is 73.2 Å². The lowest BCUT2D eigenvalue weighted by Crippen LogP contribution is -2.29. The van der Waals surface area contributed by atoms with E-state index in [1.54, 1.807) is 16.8 Å². The first-order valence-electron chi connectivity index (χ1n) is 9.42. The third-order valence-electron chi connectivity index (χ3n) is 4.53. The summed E-state index contributed by atoms with van der Waals surface area (Å²) in [7, 11) is 0. The van der Waals surface area contributed by atoms with Crippen molar-refractivity contribution in [2.45, 2.75) is 26.9 Å². The number of carbonyl (C=O) groups is 2. The number of carbonyl (C=O) groups excluding carboxylic acids is 2. The molecule has 3 aromatic rings. The molecule has 0 saturated carbocycles. The fourth-order valence-corrected chi connectivity index (χ4v) is 2.93. The van der Waals surface area contributed by atoms with Gasteiger partial charge in [0.1, 0.15) is 5.82 Å². The summed E-state index contributed by atoms with van der Waals surface area (Å²) >= 11 is 0. The second kappa shape index (κ2) is 9.17. The van der Waals surface area contributed by atoms with Crippen molar-refractivity contribution in [2.75, 3.05) is 5.32 Å². The number of nitrogens with zero attached hydrogens (tertiary/aromatic N) is 2. The third kappa shape index (κ3) is 4.81. The Morgan fingerprint density at radius 3 is 2.47 bits per heavy atom. The number of benzene rings is 2. The van der Waals surface area contributed by atoms with Crippen LogP contribution in [0.1, 0.15) is 23.9 Å². The molecule has 2 aromatic carbocycles. The van der Waals surface area contributed by atoms with Crippen molar-refractivity contribution < 1.29 is 18.7 Å². The molecular weight excluding hydrogens is 385 g/mol. The van der Waals surface area contributed by atoms with Crippen LogP contribution >= 0.6 is 0 Å². The molecule has 7 heteroatoms. The predicted molar refractivity (Wildman–Crippen MR) is 113 cm³/mol. The van der Waals surface area contributed by atoms with Crippen molar-refractivity contribution in [3.63, 3.8) is 0 Å². The minimum Gasteiger partial charge on any atom is -0.449 e. The van der Waals surface area contributed by atoms with Gasteiger partial charge in [0.25, 0.3) is 5.91 Å². The van der Waals surface area contributed by atoms with Crippen LogP contribution in [0.15, 0.2) is 60.7 Å². The maximum atomic E-state index is 13.6. The zero-order chi connectivity index (χ0) is 21.7. The lowest BCUT2D eigenvalue weighted by atomic mass is 10.2. The first-order chi connectivity index (χ1) is 14.4. The van der Waals surface area contributed by atoms with Crippen LogP contribution < -0.4 is 5.32 Å². The molecule has 0 radical (unpaired) electrons. The number of nitrogens with one attached hydrogen (secondary N) is 1. The van der Waals surface area contributed by atoms with Crippen LogP contribution in [0.25, 0.3) is 11.8 Å². The summed E-state index contributed by atoms with van der Waals surface area (Å²) in [5, 5.41) is 6.92. The molecule has 154 valence electrons. The first-order valence-corrected chi connectivity index (χ1v) is 9.42. The van der Waals surface area contributed by atoms with E-state index in [2.05, 4.69) is 10.4 Å². The number of halogens is 1. The van der Waals surface area contributed by atoms with E-state index in [9.17, 15) is 14.0 Å². The van der Waals surface area contributed by atoms with Gasteiger partial charge in [0.2, 0.25) is 0 Å². The molecule has 1 heterocycles. The molecule has 0 aliphatic carbocycles. The van der Waals surface area contributed by atoms with Gasteiger partial charge in [-0.1, -0.05) is 30.3 Å². The maximum absolute atomic E-state index is 13.6. The largest absolute Gasteiger partial charge is 0.449 e. The number of esters is 1. The van der Waals surface area contributed by atoms with Crippen LogP contribution in [-0.4, -0.2) is 27.8 Å². The van der Waals surface area contributed by atoms with Gasteiger partial charge in [0.05, 0.1) is 17.1 Å². The second-order valence-corrected chi connectivity index (χ2v) is 6.71. The Balaban J connectivity index is 1.65. The van der Waals surface area contributed by atoms with Crippen molar-refractivity contribution >= 4 is 23.6 Å². The first kappa shape index (κ1) is 21.0. The number of ether oxygens (including phenoxy) is 1. The van der Waals surface area contributed by atoms with Gasteiger partial charge in [-0.15, -0.1) is 0 Å². The standard InChI is InChI=1S/C23H22FN3O3/c1-15-19(16(2)27(26-15)18-9-5-4-6-10-18)13-14-22(28)30-17(3)23(29)25-21-12-8-7-11-20(21)24/h4-14,17H,1-3H3,(H,25,29)/b14-13+/t17-/m1/s1. The molecule has 0 fully saturated rings. The van der Waals surface area contributed by atoms with Crippen molar-refractivity contribution in [1.82, 2.24) is 9.78 Å². The Morgan fingerprint density at radius 2 is 1.77 bits per heavy atom. The normalized spacial score (nSPS) is 12.0. The summed E-state index contributed by atoms with van der Waals surface area (Å²) < 4.78 is 20.6. The van der Waals surface area contributed by atoms with Gasteiger partial charge >= 0.3 is 5.97 Å². The number of aromatic nitrogens is 2. The molecule has 0 unspecified atom stereocenters. The van der Waals surface area contributed by atoms with Crippen molar-refractivity contribution in [1.29, 1.82) is 0 Å². The highest BCUT2D eigenvalue weighted by Gasteiger charge is 2.18. The SMILES string of the molecule is Cc1nn(-c2ccccc2)c(C)c1/C=C/C(=O)O[C@H](C)C(=O)Nc1ccccc1F. The quantitative estimate of drug-likeness (QED) is 0.491. The average Bonchev–Trinajstić information content (AvgIpc) is 3.02. The summed E-state index contributed by atoms with van der Waals surface area (Å²) in [5.41, 5.74) is 3.36. The summed E-state index contributed by atoms with van der Waals surface area (Å²) in [5.74, 6) is -1.87. The number of hydrogen-bond acceptors (Lipinski definition) is 4. The number of hydrogen-bond donors (Lipinski definition) is 1. The molecule has 3 rings (SSSR count). The molecule has 1 amide bonds. The maximum Gasteiger partial charge on any atom is 0.331 e. The van der Waals surface area contributed by atoms with Crippen LogP contribution in [-0.2, 0) is 14.3 Å². The van der Waals surface area contributed by atoms with Gasteiger partial charge in [-0.3, -0.25) is 4.79 Å². The lowest BCUT2D eigenvalue weighted by Gasteiger charge is -2.12. The van der Waals surface area contributed by atoms with Crippen LogP contribution in [0.2, 0.25) is 0 Å². The molecule has 1 atom stereocenters. The molecule has 0 saturated heterocycles. The minimum atomic E-state index is -1.09. The number of anilines is 1. The van der Waals surface area contributed by atoms with Gasteiger partial charge < -0.3 is 10.1 Å². The zero-order valence-electron chi connectivity index (χ0n) is 16.9. The Kier molecular flexibility index (Phi) is 6.41. The summed E-state index contributed by atoms with van der Waals surface area (Å²) in [6.45, 7) is 5.18. The van der Waals surface area contributed by atoms with Crippen molar-refractivity contribution in [3.05, 3.63) is 83.4 Å². The fourth-order valence-electron chi connectivity index (χ4n) is 2.93. The molecule has 0 aliphatic heterocycles. The summed E-state index contributed by atoms with van der Waals surface area (Å²) in [4.78, 5) is 24.3. The monoisotopic (exact) mass is 407 g/mol. The minimum absolute atomic E-state index is 0.0283. The molecule has 0 bridgehead atoms.